The summed E-state index contributed by atoms with van der Waals surface area (Å²) in [4.78, 5) is 0. The van der Waals surface area contributed by atoms with Crippen LogP contribution in [0.4, 0.5) is 5.69 Å². The molecule has 0 fully saturated rings. The second-order valence-electron chi connectivity index (χ2n) is 1.94. The summed E-state index contributed by atoms with van der Waals surface area (Å²) in [6.07, 6.45) is 0. The van der Waals surface area contributed by atoms with Crippen LogP contribution >= 0.6 is 0 Å². The second kappa shape index (κ2) is 4.84. The van der Waals surface area contributed by atoms with Gasteiger partial charge in [0.2, 0.25) is 0 Å². The summed E-state index contributed by atoms with van der Waals surface area (Å²) in [5, 5.41) is 0. The van der Waals surface area contributed by atoms with E-state index in [2.05, 4.69) is 0 Å². The Morgan fingerprint density at radius 3 is 2.08 bits per heavy atom. The summed E-state index contributed by atoms with van der Waals surface area (Å²) >= 11 is 0. The molecule has 0 aromatic heterocycles. The number of rotatable bonds is 2. The van der Waals surface area contributed by atoms with E-state index in [0.717, 1.165) is 0 Å². The van der Waals surface area contributed by atoms with E-state index in [0.29, 0.717) is 5.69 Å². The van der Waals surface area contributed by atoms with Crippen molar-refractivity contribution < 1.29 is 13.0 Å². The van der Waals surface area contributed by atoms with Gasteiger partial charge in [0.15, 0.2) is 0 Å². The van der Waals surface area contributed by atoms with Gasteiger partial charge in [-0.05, 0) is 12.1 Å². The Balaban J connectivity index is 0.00000121. The summed E-state index contributed by atoms with van der Waals surface area (Å²) in [6.45, 7) is 0. The van der Waals surface area contributed by atoms with Crippen LogP contribution in [0.5, 0.6) is 0 Å². The topological polar surface area (TPSA) is 66.4 Å². The predicted molar refractivity (Wildman–Crippen MR) is 48.8 cm³/mol. The first-order valence-electron chi connectivity index (χ1n) is 2.88. The van der Waals surface area contributed by atoms with Crippen LogP contribution in [0.1, 0.15) is 0 Å². The van der Waals surface area contributed by atoms with E-state index in [1.54, 1.807) is 18.2 Å². The zero-order chi connectivity index (χ0) is 8.32. The Morgan fingerprint density at radius 1 is 1.17 bits per heavy atom. The van der Waals surface area contributed by atoms with E-state index >= 15 is 0 Å². The van der Waals surface area contributed by atoms with Crippen molar-refractivity contribution in [3.05, 3.63) is 30.3 Å². The molecule has 0 aliphatic rings. The molecule has 0 atom stereocenters. The average Bonchev–Trinajstić information content (AvgIpc) is 1.85. The first kappa shape index (κ1) is 11.9. The third-order valence-corrected chi connectivity index (χ3v) is 1.51. The van der Waals surface area contributed by atoms with E-state index in [-0.39, 0.29) is 29.6 Å². The van der Waals surface area contributed by atoms with E-state index < -0.39 is 10.3 Å². The standard InChI is InChI=1S/C6H7NO3S.Na.H/c8-11(9,10)7-6-4-2-1-3-5-6;;/h1-5,7H,(H,8,9,10);;. The predicted octanol–water partition coefficient (Wildman–Crippen LogP) is 0.253. The van der Waals surface area contributed by atoms with Crippen LogP contribution in [0, 0.1) is 0 Å². The van der Waals surface area contributed by atoms with Crippen molar-refractivity contribution in [2.75, 3.05) is 4.72 Å². The maximum absolute atomic E-state index is 10.2. The number of benzene rings is 1. The fourth-order valence-corrected chi connectivity index (χ4v) is 1.09. The minimum atomic E-state index is -4.13. The molecular formula is C6H8NNaO3S. The molecule has 4 nitrogen and oxygen atoms in total. The number of hydrogen-bond acceptors (Lipinski definition) is 2. The second-order valence-corrected chi connectivity index (χ2v) is 3.10. The van der Waals surface area contributed by atoms with Crippen LogP contribution in [0.25, 0.3) is 0 Å². The van der Waals surface area contributed by atoms with E-state index in [4.69, 9.17) is 4.55 Å². The van der Waals surface area contributed by atoms with Crippen molar-refractivity contribution in [3.8, 4) is 0 Å². The Kier molecular flexibility index (Phi) is 4.81. The first-order valence-corrected chi connectivity index (χ1v) is 4.32. The molecule has 0 amide bonds. The van der Waals surface area contributed by atoms with Crippen molar-refractivity contribution in [3.63, 3.8) is 0 Å². The van der Waals surface area contributed by atoms with Crippen LogP contribution in [0.2, 0.25) is 0 Å². The molecule has 0 aliphatic carbocycles. The van der Waals surface area contributed by atoms with Crippen molar-refractivity contribution in [1.82, 2.24) is 0 Å². The minimum absolute atomic E-state index is 0. The van der Waals surface area contributed by atoms with Gasteiger partial charge in [0.25, 0.3) is 0 Å². The summed E-state index contributed by atoms with van der Waals surface area (Å²) in [5.74, 6) is 0. The Labute approximate surface area is 93.2 Å². The van der Waals surface area contributed by atoms with Gasteiger partial charge in [0.1, 0.15) is 0 Å². The van der Waals surface area contributed by atoms with Crippen LogP contribution < -0.4 is 4.72 Å². The molecule has 2 N–H and O–H groups in total. The van der Waals surface area contributed by atoms with Gasteiger partial charge in [-0.1, -0.05) is 18.2 Å². The molecule has 1 rings (SSSR count). The SMILES string of the molecule is O=S(=O)(O)Nc1ccccc1.[NaH]. The fourth-order valence-electron chi connectivity index (χ4n) is 0.655. The van der Waals surface area contributed by atoms with Crippen molar-refractivity contribution in [2.24, 2.45) is 0 Å². The molecule has 1 aromatic carbocycles. The Morgan fingerprint density at radius 2 is 1.67 bits per heavy atom. The van der Waals surface area contributed by atoms with Crippen LogP contribution in [-0.4, -0.2) is 42.5 Å². The zero-order valence-electron chi connectivity index (χ0n) is 5.56. The van der Waals surface area contributed by atoms with Gasteiger partial charge < -0.3 is 0 Å². The molecule has 0 aliphatic heterocycles. The molecule has 0 saturated heterocycles. The monoisotopic (exact) mass is 197 g/mol. The summed E-state index contributed by atoms with van der Waals surface area (Å²) in [6, 6.07) is 8.14. The molecule has 0 unspecified atom stereocenters. The molecule has 62 valence electrons. The molecule has 0 saturated carbocycles. The van der Waals surface area contributed by atoms with Crippen molar-refractivity contribution >= 4 is 45.5 Å². The van der Waals surface area contributed by atoms with E-state index in [1.165, 1.54) is 12.1 Å². The Hall–Kier alpha value is -0.0700. The maximum atomic E-state index is 10.2. The third kappa shape index (κ3) is 4.74. The summed E-state index contributed by atoms with van der Waals surface area (Å²) in [7, 11) is -4.13. The zero-order valence-corrected chi connectivity index (χ0v) is 6.38. The quantitative estimate of drug-likeness (QED) is 0.527. The number of nitrogens with one attached hydrogen (secondary N) is 1. The number of hydrogen-bond donors (Lipinski definition) is 2. The van der Waals surface area contributed by atoms with Gasteiger partial charge in [-0.15, -0.1) is 0 Å². The fraction of sp³-hybridized carbons (Fsp3) is 0. The summed E-state index contributed by atoms with van der Waals surface area (Å²) < 4.78 is 30.7. The number of para-hydroxylation sites is 1. The van der Waals surface area contributed by atoms with Crippen molar-refractivity contribution in [1.29, 1.82) is 0 Å². The van der Waals surface area contributed by atoms with Gasteiger partial charge in [-0.25, -0.2) is 0 Å². The molecule has 0 heterocycles. The van der Waals surface area contributed by atoms with Gasteiger partial charge in [-0.3, -0.25) is 9.27 Å². The van der Waals surface area contributed by atoms with Gasteiger partial charge in [-0.2, -0.15) is 8.42 Å². The van der Waals surface area contributed by atoms with Gasteiger partial charge in [0, 0.05) is 0 Å². The first-order chi connectivity index (χ1) is 5.08. The van der Waals surface area contributed by atoms with E-state index in [1.807, 2.05) is 4.72 Å². The van der Waals surface area contributed by atoms with Crippen molar-refractivity contribution in [2.45, 2.75) is 0 Å². The average molecular weight is 197 g/mol. The normalized spacial score (nSPS) is 10.1. The van der Waals surface area contributed by atoms with Gasteiger partial charge >= 0.3 is 39.9 Å². The molecule has 1 aromatic rings. The molecule has 6 heteroatoms. The molecule has 0 spiro atoms. The molecule has 12 heavy (non-hydrogen) atoms. The summed E-state index contributed by atoms with van der Waals surface area (Å²) in [5.41, 5.74) is 0.343. The molecule has 0 bridgehead atoms. The Bertz CT molecular complexity index is 324. The van der Waals surface area contributed by atoms with Crippen LogP contribution in [0.3, 0.4) is 0 Å². The third-order valence-electron chi connectivity index (χ3n) is 1.02. The van der Waals surface area contributed by atoms with E-state index in [9.17, 15) is 8.42 Å². The van der Waals surface area contributed by atoms with Crippen LogP contribution in [0.15, 0.2) is 30.3 Å². The molecule has 0 radical (unpaired) electrons. The number of anilines is 1. The van der Waals surface area contributed by atoms with Gasteiger partial charge in [0.05, 0.1) is 5.69 Å². The molecular weight excluding hydrogens is 189 g/mol. The van der Waals surface area contributed by atoms with Crippen LogP contribution in [-0.2, 0) is 10.3 Å².